The van der Waals surface area contributed by atoms with E-state index in [1.54, 1.807) is 0 Å². The number of alkyl halides is 3. The van der Waals surface area contributed by atoms with Gasteiger partial charge in [0.2, 0.25) is 5.91 Å². The van der Waals surface area contributed by atoms with Gasteiger partial charge in [-0.1, -0.05) is 20.8 Å². The molecule has 0 aliphatic rings. The quantitative estimate of drug-likeness (QED) is 0.741. The molecule has 1 unspecified atom stereocenters. The lowest BCUT2D eigenvalue weighted by molar-refractivity contribution is -0.128. The van der Waals surface area contributed by atoms with E-state index in [0.717, 1.165) is 6.42 Å². The molecule has 0 aromatic heterocycles. The molecular formula is C10H19F3N2O. The molecule has 16 heavy (non-hydrogen) atoms. The lowest BCUT2D eigenvalue weighted by Crippen LogP contribution is -2.44. The van der Waals surface area contributed by atoms with E-state index >= 15 is 0 Å². The maximum Gasteiger partial charge on any atom is 0.401 e. The first-order valence-corrected chi connectivity index (χ1v) is 5.33. The molecule has 0 aliphatic heterocycles. The molecule has 1 atom stereocenters. The van der Waals surface area contributed by atoms with Crippen LogP contribution in [0.4, 0.5) is 13.2 Å². The topological polar surface area (TPSA) is 41.1 Å². The van der Waals surface area contributed by atoms with Crippen molar-refractivity contribution in [1.82, 2.24) is 10.6 Å². The lowest BCUT2D eigenvalue weighted by Gasteiger charge is -2.20. The van der Waals surface area contributed by atoms with Gasteiger partial charge in [0.05, 0.1) is 13.1 Å². The number of amides is 1. The molecule has 2 N–H and O–H groups in total. The van der Waals surface area contributed by atoms with Gasteiger partial charge in [-0.05, 0) is 12.3 Å². The Labute approximate surface area is 93.8 Å². The molecular weight excluding hydrogens is 221 g/mol. The number of carbonyl (C=O) groups excluding carboxylic acids is 1. The van der Waals surface area contributed by atoms with E-state index in [9.17, 15) is 18.0 Å². The molecule has 0 rings (SSSR count). The van der Waals surface area contributed by atoms with Crippen LogP contribution in [0.1, 0.15) is 27.2 Å². The van der Waals surface area contributed by atoms with Crippen LogP contribution in [0.2, 0.25) is 0 Å². The summed E-state index contributed by atoms with van der Waals surface area (Å²) in [5, 5.41) is 4.74. The van der Waals surface area contributed by atoms with Crippen molar-refractivity contribution < 1.29 is 18.0 Å². The monoisotopic (exact) mass is 240 g/mol. The van der Waals surface area contributed by atoms with Crippen molar-refractivity contribution in [2.24, 2.45) is 5.92 Å². The SMILES string of the molecule is CCC(NC(=O)CNCC(F)(F)F)C(C)C. The standard InChI is InChI=1S/C10H19F3N2O/c1-4-8(7(2)3)15-9(16)5-14-6-10(11,12)13/h7-8,14H,4-6H2,1-3H3,(H,15,16). The lowest BCUT2D eigenvalue weighted by atomic mass is 10.0. The summed E-state index contributed by atoms with van der Waals surface area (Å²) in [5.41, 5.74) is 0. The fraction of sp³-hybridized carbons (Fsp3) is 0.900. The van der Waals surface area contributed by atoms with Crippen LogP contribution in [0, 0.1) is 5.92 Å². The van der Waals surface area contributed by atoms with Gasteiger partial charge in [0.1, 0.15) is 0 Å². The average molecular weight is 240 g/mol. The molecule has 0 saturated carbocycles. The number of hydrogen-bond acceptors (Lipinski definition) is 2. The van der Waals surface area contributed by atoms with Gasteiger partial charge in [-0.3, -0.25) is 4.79 Å². The van der Waals surface area contributed by atoms with E-state index in [-0.39, 0.29) is 18.5 Å². The average Bonchev–Trinajstić information content (AvgIpc) is 2.11. The Hall–Kier alpha value is -0.780. The Morgan fingerprint density at radius 3 is 2.25 bits per heavy atom. The first-order chi connectivity index (χ1) is 7.26. The summed E-state index contributed by atoms with van der Waals surface area (Å²) in [5.74, 6) is -0.124. The summed E-state index contributed by atoms with van der Waals surface area (Å²) in [7, 11) is 0. The van der Waals surface area contributed by atoms with Crippen molar-refractivity contribution in [3.05, 3.63) is 0 Å². The molecule has 0 spiro atoms. The minimum Gasteiger partial charge on any atom is -0.352 e. The first-order valence-electron chi connectivity index (χ1n) is 5.33. The zero-order chi connectivity index (χ0) is 12.8. The third-order valence-electron chi connectivity index (χ3n) is 2.20. The van der Waals surface area contributed by atoms with Gasteiger partial charge in [0.15, 0.2) is 0 Å². The molecule has 0 heterocycles. The van der Waals surface area contributed by atoms with Crippen LogP contribution >= 0.6 is 0 Å². The van der Waals surface area contributed by atoms with Crippen LogP contribution in [-0.4, -0.2) is 31.2 Å². The zero-order valence-electron chi connectivity index (χ0n) is 9.82. The van der Waals surface area contributed by atoms with Crippen LogP contribution in [0.5, 0.6) is 0 Å². The van der Waals surface area contributed by atoms with Gasteiger partial charge in [-0.2, -0.15) is 13.2 Å². The van der Waals surface area contributed by atoms with Crippen molar-refractivity contribution in [3.8, 4) is 0 Å². The fourth-order valence-electron chi connectivity index (χ4n) is 1.32. The van der Waals surface area contributed by atoms with E-state index in [4.69, 9.17) is 0 Å². The van der Waals surface area contributed by atoms with Crippen LogP contribution in [-0.2, 0) is 4.79 Å². The molecule has 3 nitrogen and oxygen atoms in total. The highest BCUT2D eigenvalue weighted by atomic mass is 19.4. The summed E-state index contributed by atoms with van der Waals surface area (Å²) >= 11 is 0. The first kappa shape index (κ1) is 15.2. The van der Waals surface area contributed by atoms with Gasteiger partial charge < -0.3 is 10.6 Å². The summed E-state index contributed by atoms with van der Waals surface area (Å²) in [6.45, 7) is 4.39. The second-order valence-electron chi connectivity index (χ2n) is 4.05. The number of halogens is 3. The van der Waals surface area contributed by atoms with E-state index in [1.165, 1.54) is 0 Å². The van der Waals surface area contributed by atoms with E-state index < -0.39 is 18.6 Å². The summed E-state index contributed by atoms with van der Waals surface area (Å²) < 4.78 is 35.3. The second-order valence-corrected chi connectivity index (χ2v) is 4.05. The smallest absolute Gasteiger partial charge is 0.352 e. The van der Waals surface area contributed by atoms with Crippen molar-refractivity contribution in [2.75, 3.05) is 13.1 Å². The predicted molar refractivity (Wildman–Crippen MR) is 56.0 cm³/mol. The Balaban J connectivity index is 3.82. The van der Waals surface area contributed by atoms with Crippen molar-refractivity contribution in [1.29, 1.82) is 0 Å². The Bertz CT molecular complexity index is 217. The largest absolute Gasteiger partial charge is 0.401 e. The molecule has 0 aromatic carbocycles. The van der Waals surface area contributed by atoms with Crippen LogP contribution in [0.15, 0.2) is 0 Å². The van der Waals surface area contributed by atoms with E-state index in [2.05, 4.69) is 10.6 Å². The normalized spacial score (nSPS) is 13.9. The number of rotatable bonds is 6. The second kappa shape index (κ2) is 6.73. The predicted octanol–water partition coefficient (Wildman–Crippen LogP) is 1.69. The van der Waals surface area contributed by atoms with Gasteiger partial charge in [-0.15, -0.1) is 0 Å². The maximum atomic E-state index is 11.8. The molecule has 1 amide bonds. The summed E-state index contributed by atoms with van der Waals surface area (Å²) in [4.78, 5) is 11.3. The van der Waals surface area contributed by atoms with E-state index in [0.29, 0.717) is 0 Å². The van der Waals surface area contributed by atoms with Gasteiger partial charge in [0.25, 0.3) is 0 Å². The number of hydrogen-bond donors (Lipinski definition) is 2. The van der Waals surface area contributed by atoms with Crippen molar-refractivity contribution >= 4 is 5.91 Å². The van der Waals surface area contributed by atoms with Crippen LogP contribution < -0.4 is 10.6 Å². The highest BCUT2D eigenvalue weighted by Gasteiger charge is 2.26. The number of nitrogens with one attached hydrogen (secondary N) is 2. The highest BCUT2D eigenvalue weighted by molar-refractivity contribution is 5.78. The highest BCUT2D eigenvalue weighted by Crippen LogP contribution is 2.11. The number of carbonyl (C=O) groups is 1. The van der Waals surface area contributed by atoms with Gasteiger partial charge >= 0.3 is 6.18 Å². The molecule has 96 valence electrons. The van der Waals surface area contributed by atoms with Crippen molar-refractivity contribution in [2.45, 2.75) is 39.4 Å². The summed E-state index contributed by atoms with van der Waals surface area (Å²) in [6, 6.07) is 0.0141. The maximum absolute atomic E-state index is 11.8. The Morgan fingerprint density at radius 2 is 1.88 bits per heavy atom. The van der Waals surface area contributed by atoms with E-state index in [1.807, 2.05) is 20.8 Å². The Morgan fingerprint density at radius 1 is 1.31 bits per heavy atom. The summed E-state index contributed by atoms with van der Waals surface area (Å²) in [6.07, 6.45) is -3.51. The molecule has 0 saturated heterocycles. The van der Waals surface area contributed by atoms with Crippen molar-refractivity contribution in [3.63, 3.8) is 0 Å². The molecule has 0 bridgehead atoms. The molecule has 0 aliphatic carbocycles. The Kier molecular flexibility index (Phi) is 6.40. The zero-order valence-corrected chi connectivity index (χ0v) is 9.82. The minimum absolute atomic E-state index is 0.0141. The van der Waals surface area contributed by atoms with Gasteiger partial charge in [-0.25, -0.2) is 0 Å². The van der Waals surface area contributed by atoms with Crippen LogP contribution in [0.25, 0.3) is 0 Å². The fourth-order valence-corrected chi connectivity index (χ4v) is 1.32. The molecule has 0 aromatic rings. The van der Waals surface area contributed by atoms with Gasteiger partial charge in [0, 0.05) is 6.04 Å². The molecule has 6 heteroatoms. The molecule has 0 radical (unpaired) electrons. The molecule has 0 fully saturated rings. The third-order valence-corrected chi connectivity index (χ3v) is 2.20. The van der Waals surface area contributed by atoms with Crippen LogP contribution in [0.3, 0.4) is 0 Å². The minimum atomic E-state index is -4.28. The third kappa shape index (κ3) is 7.50.